The lowest BCUT2D eigenvalue weighted by molar-refractivity contribution is -0.136. The van der Waals surface area contributed by atoms with Gasteiger partial charge in [0.25, 0.3) is 0 Å². The highest BCUT2D eigenvalue weighted by molar-refractivity contribution is 6.30. The van der Waals surface area contributed by atoms with E-state index < -0.39 is 5.97 Å². The first-order valence-corrected chi connectivity index (χ1v) is 4.19. The predicted octanol–water partition coefficient (Wildman–Crippen LogP) is 0.764. The molecule has 1 aromatic rings. The van der Waals surface area contributed by atoms with Crippen molar-refractivity contribution in [3.8, 4) is 0 Å². The highest BCUT2D eigenvalue weighted by Gasteiger charge is 2.11. The Kier molecular flexibility index (Phi) is 2.95. The Bertz CT molecular complexity index is 333. The molecule has 5 heteroatoms. The summed E-state index contributed by atoms with van der Waals surface area (Å²) in [5.41, 5.74) is 6.86. The fourth-order valence-corrected chi connectivity index (χ4v) is 1.41. The molecule has 1 heterocycles. The summed E-state index contributed by atoms with van der Waals surface area (Å²) in [4.78, 5) is 10.4. The maximum atomic E-state index is 10.4. The number of aromatic nitrogens is 1. The molecule has 0 amide bonds. The van der Waals surface area contributed by atoms with Gasteiger partial charge in [-0.2, -0.15) is 0 Å². The van der Waals surface area contributed by atoms with Gasteiger partial charge in [-0.15, -0.1) is 0 Å². The first kappa shape index (κ1) is 10.1. The molecule has 1 aromatic heterocycles. The molecule has 4 nitrogen and oxygen atoms in total. The van der Waals surface area contributed by atoms with Crippen LogP contribution in [0.3, 0.4) is 0 Å². The number of rotatable bonds is 3. The lowest BCUT2D eigenvalue weighted by Crippen LogP contribution is -2.04. The summed E-state index contributed by atoms with van der Waals surface area (Å²) in [7, 11) is 1.72. The molecule has 0 atom stereocenters. The van der Waals surface area contributed by atoms with Crippen LogP contribution in [0.15, 0.2) is 6.07 Å². The fraction of sp³-hybridized carbons (Fsp3) is 0.375. The number of nitrogens with zero attached hydrogens (tertiary/aromatic N) is 1. The summed E-state index contributed by atoms with van der Waals surface area (Å²) in [5.74, 6) is -0.874. The average Bonchev–Trinajstić information content (AvgIpc) is 2.32. The summed E-state index contributed by atoms with van der Waals surface area (Å²) < 4.78 is 1.64. The molecule has 1 rings (SSSR count). The van der Waals surface area contributed by atoms with Gasteiger partial charge in [-0.1, -0.05) is 11.6 Å². The van der Waals surface area contributed by atoms with Crippen LogP contribution < -0.4 is 5.73 Å². The van der Waals surface area contributed by atoms with E-state index in [0.717, 1.165) is 5.56 Å². The van der Waals surface area contributed by atoms with Crippen molar-refractivity contribution in [3.05, 3.63) is 22.5 Å². The van der Waals surface area contributed by atoms with E-state index in [2.05, 4.69) is 0 Å². The second-order valence-corrected chi connectivity index (χ2v) is 3.14. The van der Waals surface area contributed by atoms with Gasteiger partial charge in [0, 0.05) is 24.8 Å². The second kappa shape index (κ2) is 3.81. The monoisotopic (exact) mass is 202 g/mol. The SMILES string of the molecule is Cn1c(CC(=O)O)cc(CN)c1Cl. The molecule has 72 valence electrons. The van der Waals surface area contributed by atoms with E-state index in [9.17, 15) is 4.79 Å². The Morgan fingerprint density at radius 3 is 2.77 bits per heavy atom. The molecule has 0 bridgehead atoms. The Balaban J connectivity index is 3.02. The first-order valence-electron chi connectivity index (χ1n) is 3.81. The minimum absolute atomic E-state index is 0.0315. The van der Waals surface area contributed by atoms with Crippen LogP contribution in [-0.2, 0) is 24.8 Å². The molecule has 0 saturated heterocycles. The van der Waals surface area contributed by atoms with Crippen LogP contribution in [0, 0.1) is 0 Å². The maximum Gasteiger partial charge on any atom is 0.309 e. The summed E-state index contributed by atoms with van der Waals surface area (Å²) in [6.07, 6.45) is -0.0315. The van der Waals surface area contributed by atoms with E-state index in [1.807, 2.05) is 0 Å². The smallest absolute Gasteiger partial charge is 0.309 e. The third kappa shape index (κ3) is 2.02. The van der Waals surface area contributed by atoms with Crippen molar-refractivity contribution in [2.45, 2.75) is 13.0 Å². The van der Waals surface area contributed by atoms with Crippen LogP contribution in [-0.4, -0.2) is 15.6 Å². The lowest BCUT2D eigenvalue weighted by Gasteiger charge is -2.00. The Morgan fingerprint density at radius 1 is 1.77 bits per heavy atom. The number of carboxylic acids is 1. The van der Waals surface area contributed by atoms with E-state index >= 15 is 0 Å². The maximum absolute atomic E-state index is 10.4. The van der Waals surface area contributed by atoms with Gasteiger partial charge in [0.1, 0.15) is 5.15 Å². The van der Waals surface area contributed by atoms with E-state index in [4.69, 9.17) is 22.4 Å². The minimum atomic E-state index is -0.874. The van der Waals surface area contributed by atoms with Crippen LogP contribution in [0.25, 0.3) is 0 Å². The largest absolute Gasteiger partial charge is 0.481 e. The highest BCUT2D eigenvalue weighted by atomic mass is 35.5. The number of halogens is 1. The predicted molar refractivity (Wildman–Crippen MR) is 49.7 cm³/mol. The molecule has 0 aromatic carbocycles. The molecule has 3 N–H and O–H groups in total. The van der Waals surface area contributed by atoms with Crippen LogP contribution in [0.5, 0.6) is 0 Å². The molecule has 0 unspecified atom stereocenters. The molecular formula is C8H11ClN2O2. The van der Waals surface area contributed by atoms with Gasteiger partial charge in [0.2, 0.25) is 0 Å². The Labute approximate surface area is 80.9 Å². The van der Waals surface area contributed by atoms with Gasteiger partial charge in [0.15, 0.2) is 0 Å². The number of nitrogens with two attached hydrogens (primary N) is 1. The molecule has 0 fully saturated rings. The summed E-state index contributed by atoms with van der Waals surface area (Å²) in [6.45, 7) is 0.326. The quantitative estimate of drug-likeness (QED) is 0.761. The standard InChI is InChI=1S/C8H11ClN2O2/c1-11-6(3-7(12)13)2-5(4-10)8(11)9/h2H,3-4,10H2,1H3,(H,12,13). The number of hydrogen-bond acceptors (Lipinski definition) is 2. The number of hydrogen-bond donors (Lipinski definition) is 2. The van der Waals surface area contributed by atoms with Crippen LogP contribution in [0.2, 0.25) is 5.15 Å². The van der Waals surface area contributed by atoms with Gasteiger partial charge >= 0.3 is 5.97 Å². The van der Waals surface area contributed by atoms with Crippen molar-refractivity contribution in [2.24, 2.45) is 12.8 Å². The van der Waals surface area contributed by atoms with Crippen LogP contribution in [0.1, 0.15) is 11.3 Å². The fourth-order valence-electron chi connectivity index (χ4n) is 1.17. The normalized spacial score (nSPS) is 10.4. The molecule has 0 aliphatic rings. The first-order chi connectivity index (χ1) is 6.06. The summed E-state index contributed by atoms with van der Waals surface area (Å²) >= 11 is 5.89. The molecule has 0 radical (unpaired) electrons. The van der Waals surface area contributed by atoms with Crippen molar-refractivity contribution >= 4 is 17.6 Å². The van der Waals surface area contributed by atoms with Crippen LogP contribution >= 0.6 is 11.6 Å². The van der Waals surface area contributed by atoms with Crippen molar-refractivity contribution in [2.75, 3.05) is 0 Å². The molecular weight excluding hydrogens is 192 g/mol. The third-order valence-electron chi connectivity index (χ3n) is 1.88. The van der Waals surface area contributed by atoms with E-state index in [1.165, 1.54) is 0 Å². The van der Waals surface area contributed by atoms with Crippen molar-refractivity contribution in [1.82, 2.24) is 4.57 Å². The Morgan fingerprint density at radius 2 is 2.38 bits per heavy atom. The third-order valence-corrected chi connectivity index (χ3v) is 2.38. The average molecular weight is 203 g/mol. The highest BCUT2D eigenvalue weighted by Crippen LogP contribution is 2.20. The second-order valence-electron chi connectivity index (χ2n) is 2.79. The number of carboxylic acid groups (broad SMARTS) is 1. The van der Waals surface area contributed by atoms with Gasteiger partial charge in [0.05, 0.1) is 6.42 Å². The molecule has 0 spiro atoms. The topological polar surface area (TPSA) is 68.2 Å². The molecule has 0 aliphatic carbocycles. The summed E-state index contributed by atoms with van der Waals surface area (Å²) in [6, 6.07) is 1.72. The lowest BCUT2D eigenvalue weighted by atomic mass is 10.2. The van der Waals surface area contributed by atoms with E-state index in [0.29, 0.717) is 17.4 Å². The van der Waals surface area contributed by atoms with Gasteiger partial charge in [-0.25, -0.2) is 0 Å². The zero-order valence-corrected chi connectivity index (χ0v) is 8.01. The van der Waals surface area contributed by atoms with Crippen molar-refractivity contribution in [1.29, 1.82) is 0 Å². The summed E-state index contributed by atoms with van der Waals surface area (Å²) in [5, 5.41) is 9.09. The van der Waals surface area contributed by atoms with E-state index in [-0.39, 0.29) is 6.42 Å². The Hall–Kier alpha value is -1.00. The molecule has 0 aliphatic heterocycles. The van der Waals surface area contributed by atoms with Crippen LogP contribution in [0.4, 0.5) is 0 Å². The van der Waals surface area contributed by atoms with Crippen molar-refractivity contribution < 1.29 is 9.90 Å². The zero-order chi connectivity index (χ0) is 10.0. The number of carbonyl (C=O) groups is 1. The molecule has 0 saturated carbocycles. The molecule has 13 heavy (non-hydrogen) atoms. The number of aliphatic carboxylic acids is 1. The van der Waals surface area contributed by atoms with Gasteiger partial charge in [-0.3, -0.25) is 4.79 Å². The zero-order valence-electron chi connectivity index (χ0n) is 7.25. The van der Waals surface area contributed by atoms with Gasteiger partial charge < -0.3 is 15.4 Å². The van der Waals surface area contributed by atoms with Crippen molar-refractivity contribution in [3.63, 3.8) is 0 Å². The minimum Gasteiger partial charge on any atom is -0.481 e. The van der Waals surface area contributed by atoms with E-state index in [1.54, 1.807) is 17.7 Å². The van der Waals surface area contributed by atoms with Gasteiger partial charge in [-0.05, 0) is 6.07 Å².